The van der Waals surface area contributed by atoms with Gasteiger partial charge in [-0.25, -0.2) is 9.59 Å². The fourth-order valence-electron chi connectivity index (χ4n) is 5.04. The van der Waals surface area contributed by atoms with Gasteiger partial charge < -0.3 is 24.2 Å². The molecule has 3 aromatic rings. The van der Waals surface area contributed by atoms with Gasteiger partial charge in [0.25, 0.3) is 0 Å². The minimum Gasteiger partial charge on any atom is -0.490 e. The van der Waals surface area contributed by atoms with E-state index in [0.29, 0.717) is 29.8 Å². The number of aliphatic hydroxyl groups is 1. The second-order valence-electron chi connectivity index (χ2n) is 11.8. The van der Waals surface area contributed by atoms with Crippen LogP contribution in [0.5, 0.6) is 5.75 Å². The summed E-state index contributed by atoms with van der Waals surface area (Å²) in [4.78, 5) is 31.0. The number of aliphatic hydroxyl groups excluding tert-OH is 1. The van der Waals surface area contributed by atoms with Gasteiger partial charge in [0.15, 0.2) is 0 Å². The van der Waals surface area contributed by atoms with E-state index in [0.717, 1.165) is 42.4 Å². The Balaban J connectivity index is 1.47. The lowest BCUT2D eigenvalue weighted by Gasteiger charge is -2.29. The number of carbonyl (C=O) groups is 2. The highest BCUT2D eigenvalue weighted by molar-refractivity contribution is 5.93. The number of hydrogen-bond donors (Lipinski definition) is 1. The van der Waals surface area contributed by atoms with Crippen LogP contribution in [0.2, 0.25) is 0 Å². The number of nitrogens with zero attached hydrogens (tertiary/aromatic N) is 2. The number of ether oxygens (including phenoxy) is 3. The van der Waals surface area contributed by atoms with Crippen molar-refractivity contribution in [2.24, 2.45) is 0 Å². The molecular formula is C34H42N2O6. The van der Waals surface area contributed by atoms with E-state index < -0.39 is 23.8 Å². The minimum absolute atomic E-state index is 0.0923. The highest BCUT2D eigenvalue weighted by Crippen LogP contribution is 2.31. The van der Waals surface area contributed by atoms with E-state index in [1.807, 2.05) is 57.2 Å². The first-order valence-electron chi connectivity index (χ1n) is 14.7. The number of carbonyl (C=O) groups excluding carboxylic acids is 2. The van der Waals surface area contributed by atoms with Gasteiger partial charge in [-0.2, -0.15) is 0 Å². The average Bonchev–Trinajstić information content (AvgIpc) is 2.99. The molecule has 0 spiro atoms. The summed E-state index contributed by atoms with van der Waals surface area (Å²) in [5, 5.41) is 10.8. The Morgan fingerprint density at radius 2 is 1.74 bits per heavy atom. The normalized spacial score (nSPS) is 14.6. The summed E-state index contributed by atoms with van der Waals surface area (Å²) in [5.74, 6) is 0.140. The van der Waals surface area contributed by atoms with Gasteiger partial charge in [0.2, 0.25) is 0 Å². The van der Waals surface area contributed by atoms with E-state index in [1.165, 1.54) is 18.4 Å². The number of esters is 1. The Labute approximate surface area is 248 Å². The maximum atomic E-state index is 13.0. The summed E-state index contributed by atoms with van der Waals surface area (Å²) in [6.07, 6.45) is 8.02. The zero-order valence-electron chi connectivity index (χ0n) is 25.0. The van der Waals surface area contributed by atoms with Crippen molar-refractivity contribution in [2.45, 2.75) is 77.1 Å². The number of amides is 1. The van der Waals surface area contributed by atoms with Crippen LogP contribution in [0.4, 0.5) is 4.79 Å². The van der Waals surface area contributed by atoms with Crippen LogP contribution in [0.3, 0.4) is 0 Å². The number of benzene rings is 2. The molecular weight excluding hydrogens is 532 g/mol. The fraction of sp³-hybridized carbons (Fsp3) is 0.441. The van der Waals surface area contributed by atoms with E-state index in [1.54, 1.807) is 30.6 Å². The van der Waals surface area contributed by atoms with Crippen molar-refractivity contribution >= 4 is 12.1 Å². The second-order valence-corrected chi connectivity index (χ2v) is 11.8. The lowest BCUT2D eigenvalue weighted by Crippen LogP contribution is -2.40. The minimum atomic E-state index is -0.883. The van der Waals surface area contributed by atoms with Gasteiger partial charge >= 0.3 is 12.1 Å². The van der Waals surface area contributed by atoms with E-state index in [4.69, 9.17) is 14.2 Å². The number of aromatic nitrogens is 1. The Hall–Kier alpha value is -3.91. The zero-order chi connectivity index (χ0) is 30.1. The molecule has 8 heteroatoms. The molecule has 4 rings (SSSR count). The molecule has 42 heavy (non-hydrogen) atoms. The molecule has 1 aliphatic carbocycles. The first-order valence-corrected chi connectivity index (χ1v) is 14.7. The highest BCUT2D eigenvalue weighted by Gasteiger charge is 2.25. The number of rotatable bonds is 10. The molecule has 1 saturated carbocycles. The molecule has 2 aromatic carbocycles. The topological polar surface area (TPSA) is 98.2 Å². The average molecular weight is 575 g/mol. The molecule has 1 atom stereocenters. The van der Waals surface area contributed by atoms with Crippen molar-refractivity contribution in [3.05, 3.63) is 83.7 Å². The van der Waals surface area contributed by atoms with Gasteiger partial charge in [-0.05, 0) is 87.8 Å². The molecule has 0 aliphatic heterocycles. The van der Waals surface area contributed by atoms with Crippen LogP contribution in [0.1, 0.15) is 80.5 Å². The molecule has 0 unspecified atom stereocenters. The number of pyridine rings is 1. The quantitative estimate of drug-likeness (QED) is 0.267. The third-order valence-electron chi connectivity index (χ3n) is 7.30. The van der Waals surface area contributed by atoms with Gasteiger partial charge in [-0.15, -0.1) is 0 Å². The predicted octanol–water partition coefficient (Wildman–Crippen LogP) is 6.76. The molecule has 1 amide bonds. The Bertz CT molecular complexity index is 1310. The first-order chi connectivity index (χ1) is 20.1. The van der Waals surface area contributed by atoms with Gasteiger partial charge in [-0.1, -0.05) is 42.8 Å². The van der Waals surface area contributed by atoms with Crippen LogP contribution in [0.15, 0.2) is 67.0 Å². The molecule has 1 aromatic heterocycles. The molecule has 224 valence electrons. The third kappa shape index (κ3) is 8.79. The SMILES string of the molecule is COC(=O)c1ccc(-c2ccc(CCN(C[C@@H](O)c3cccnc3)C(=O)OC(C)(C)C)cc2)cc1OC1CCCCC1. The fourth-order valence-corrected chi connectivity index (χ4v) is 5.04. The van der Waals surface area contributed by atoms with Gasteiger partial charge in [-0.3, -0.25) is 4.98 Å². The van der Waals surface area contributed by atoms with Crippen molar-refractivity contribution < 1.29 is 28.9 Å². The van der Waals surface area contributed by atoms with Crippen molar-refractivity contribution in [1.82, 2.24) is 9.88 Å². The Kier molecular flexibility index (Phi) is 10.6. The Morgan fingerprint density at radius 3 is 2.38 bits per heavy atom. The molecule has 1 heterocycles. The van der Waals surface area contributed by atoms with Crippen molar-refractivity contribution in [3.63, 3.8) is 0 Å². The molecule has 1 aliphatic rings. The lowest BCUT2D eigenvalue weighted by molar-refractivity contribution is 0.0146. The van der Waals surface area contributed by atoms with Crippen LogP contribution in [0, 0.1) is 0 Å². The molecule has 1 N–H and O–H groups in total. The summed E-state index contributed by atoms with van der Waals surface area (Å²) in [6, 6.07) is 17.2. The summed E-state index contributed by atoms with van der Waals surface area (Å²) in [7, 11) is 1.38. The number of hydrogen-bond acceptors (Lipinski definition) is 7. The highest BCUT2D eigenvalue weighted by atomic mass is 16.6. The molecule has 0 radical (unpaired) electrons. The summed E-state index contributed by atoms with van der Waals surface area (Å²) in [6.45, 7) is 5.93. The summed E-state index contributed by atoms with van der Waals surface area (Å²) >= 11 is 0. The van der Waals surface area contributed by atoms with Crippen LogP contribution in [-0.4, -0.2) is 59.0 Å². The van der Waals surface area contributed by atoms with E-state index >= 15 is 0 Å². The summed E-state index contributed by atoms with van der Waals surface area (Å²) in [5.41, 5.74) is 3.38. The van der Waals surface area contributed by atoms with Crippen molar-refractivity contribution in [3.8, 4) is 16.9 Å². The molecule has 0 saturated heterocycles. The zero-order valence-corrected chi connectivity index (χ0v) is 25.0. The second kappa shape index (κ2) is 14.3. The van der Waals surface area contributed by atoms with E-state index in [9.17, 15) is 14.7 Å². The van der Waals surface area contributed by atoms with E-state index in [-0.39, 0.29) is 12.6 Å². The molecule has 0 bridgehead atoms. The number of methoxy groups -OCH3 is 1. The van der Waals surface area contributed by atoms with Crippen LogP contribution < -0.4 is 4.74 Å². The Morgan fingerprint density at radius 1 is 1.02 bits per heavy atom. The monoisotopic (exact) mass is 574 g/mol. The standard InChI is InChI=1S/C34H42N2O6/c1-34(2,3)42-33(39)36(23-30(37)27-9-8-19-35-22-27)20-18-24-12-14-25(15-13-24)26-16-17-29(32(38)40-4)31(21-26)41-28-10-6-5-7-11-28/h8-9,12-17,19,21-22,28,30,37H,5-7,10-11,18,20,23H2,1-4H3/t30-/m1/s1. The lowest BCUT2D eigenvalue weighted by atomic mass is 9.97. The van der Waals surface area contributed by atoms with Crippen molar-refractivity contribution in [1.29, 1.82) is 0 Å². The van der Waals surface area contributed by atoms with Crippen LogP contribution >= 0.6 is 0 Å². The predicted molar refractivity (Wildman–Crippen MR) is 161 cm³/mol. The van der Waals surface area contributed by atoms with Crippen molar-refractivity contribution in [2.75, 3.05) is 20.2 Å². The van der Waals surface area contributed by atoms with Gasteiger partial charge in [0.1, 0.15) is 16.9 Å². The summed E-state index contributed by atoms with van der Waals surface area (Å²) < 4.78 is 16.9. The third-order valence-corrected chi connectivity index (χ3v) is 7.30. The largest absolute Gasteiger partial charge is 0.490 e. The van der Waals surface area contributed by atoms with Crippen LogP contribution in [0.25, 0.3) is 11.1 Å². The van der Waals surface area contributed by atoms with Gasteiger partial charge in [0.05, 0.1) is 25.9 Å². The maximum absolute atomic E-state index is 13.0. The first kappa shape index (κ1) is 31.0. The molecule has 8 nitrogen and oxygen atoms in total. The van der Waals surface area contributed by atoms with Crippen LogP contribution in [-0.2, 0) is 15.9 Å². The molecule has 1 fully saturated rings. The van der Waals surface area contributed by atoms with Gasteiger partial charge in [0, 0.05) is 24.5 Å². The smallest absolute Gasteiger partial charge is 0.410 e. The van der Waals surface area contributed by atoms with E-state index in [2.05, 4.69) is 4.98 Å². The maximum Gasteiger partial charge on any atom is 0.410 e.